The van der Waals surface area contributed by atoms with Gasteiger partial charge in [-0.15, -0.1) is 0 Å². The zero-order chi connectivity index (χ0) is 15.6. The number of aromatic nitrogens is 2. The molecule has 8 nitrogen and oxygen atoms in total. The molecule has 116 valence electrons. The van der Waals surface area contributed by atoms with Gasteiger partial charge in [0.25, 0.3) is 0 Å². The smallest absolute Gasteiger partial charge is 0.334 e. The molecule has 0 spiro atoms. The van der Waals surface area contributed by atoms with Crippen molar-refractivity contribution in [3.63, 3.8) is 0 Å². The van der Waals surface area contributed by atoms with E-state index in [1.165, 1.54) is 6.92 Å². The molecule has 1 N–H and O–H groups in total. The molecule has 0 saturated carbocycles. The standard InChI is InChI=1S/C13H21N5O3/c1-4-11-12(18(20)21)13(16(3)15-11)17-7-5-10(6-8-17)14-9(2)19/h10H,4-8H2,1-3H3,(H,14,19). The Kier molecular flexibility index (Phi) is 4.44. The summed E-state index contributed by atoms with van der Waals surface area (Å²) in [6, 6.07) is 0.150. The van der Waals surface area contributed by atoms with E-state index in [4.69, 9.17) is 0 Å². The highest BCUT2D eigenvalue weighted by Crippen LogP contribution is 2.33. The number of rotatable bonds is 4. The van der Waals surface area contributed by atoms with Gasteiger partial charge in [0.2, 0.25) is 11.7 Å². The maximum absolute atomic E-state index is 11.3. The minimum Gasteiger partial charge on any atom is -0.353 e. The number of aryl methyl sites for hydroxylation is 2. The average molecular weight is 295 g/mol. The van der Waals surface area contributed by atoms with Gasteiger partial charge in [0.05, 0.1) is 4.92 Å². The van der Waals surface area contributed by atoms with Crippen LogP contribution in [-0.2, 0) is 18.3 Å². The van der Waals surface area contributed by atoms with Crippen molar-refractivity contribution in [2.45, 2.75) is 39.2 Å². The summed E-state index contributed by atoms with van der Waals surface area (Å²) in [4.78, 5) is 24.1. The van der Waals surface area contributed by atoms with Gasteiger partial charge in [-0.3, -0.25) is 14.9 Å². The van der Waals surface area contributed by atoms with Crippen molar-refractivity contribution in [3.05, 3.63) is 15.8 Å². The molecule has 0 aromatic carbocycles. The van der Waals surface area contributed by atoms with Crippen LogP contribution in [0.5, 0.6) is 0 Å². The molecule has 0 aliphatic carbocycles. The highest BCUT2D eigenvalue weighted by Gasteiger charge is 2.31. The van der Waals surface area contributed by atoms with Crippen LogP contribution in [0.25, 0.3) is 0 Å². The number of nitrogens with zero attached hydrogens (tertiary/aromatic N) is 4. The Morgan fingerprint density at radius 3 is 2.57 bits per heavy atom. The van der Waals surface area contributed by atoms with Crippen molar-refractivity contribution < 1.29 is 9.72 Å². The molecular formula is C13H21N5O3. The second kappa shape index (κ2) is 6.11. The summed E-state index contributed by atoms with van der Waals surface area (Å²) < 4.78 is 1.59. The van der Waals surface area contributed by atoms with Crippen LogP contribution >= 0.6 is 0 Å². The van der Waals surface area contributed by atoms with E-state index in [-0.39, 0.29) is 22.6 Å². The van der Waals surface area contributed by atoms with E-state index < -0.39 is 0 Å². The van der Waals surface area contributed by atoms with Gasteiger partial charge in [-0.25, -0.2) is 4.68 Å². The molecule has 0 unspecified atom stereocenters. The summed E-state index contributed by atoms with van der Waals surface area (Å²) in [5, 5.41) is 18.5. The summed E-state index contributed by atoms with van der Waals surface area (Å²) in [6.45, 7) is 4.72. The van der Waals surface area contributed by atoms with Crippen LogP contribution in [0, 0.1) is 10.1 Å². The van der Waals surface area contributed by atoms with Gasteiger partial charge in [-0.05, 0) is 19.3 Å². The molecule has 1 aliphatic heterocycles. The second-order valence-corrected chi connectivity index (χ2v) is 5.32. The number of anilines is 1. The lowest BCUT2D eigenvalue weighted by Crippen LogP contribution is -2.44. The van der Waals surface area contributed by atoms with Crippen LogP contribution in [0.3, 0.4) is 0 Å². The lowest BCUT2D eigenvalue weighted by Gasteiger charge is -2.32. The fourth-order valence-electron chi connectivity index (χ4n) is 2.86. The first-order chi connectivity index (χ1) is 9.93. The van der Waals surface area contributed by atoms with Crippen molar-refractivity contribution in [2.24, 2.45) is 7.05 Å². The molecule has 21 heavy (non-hydrogen) atoms. The predicted octanol–water partition coefficient (Wildman–Crippen LogP) is 0.996. The number of carbonyl (C=O) groups is 1. The molecule has 1 aliphatic rings. The lowest BCUT2D eigenvalue weighted by atomic mass is 10.0. The van der Waals surface area contributed by atoms with Crippen LogP contribution in [0.15, 0.2) is 0 Å². The summed E-state index contributed by atoms with van der Waals surface area (Å²) in [6.07, 6.45) is 2.10. The SMILES string of the molecule is CCc1nn(C)c(N2CCC(NC(C)=O)CC2)c1[N+](=O)[O-]. The summed E-state index contributed by atoms with van der Waals surface area (Å²) in [5.74, 6) is 0.534. The van der Waals surface area contributed by atoms with E-state index in [0.717, 1.165) is 12.8 Å². The van der Waals surface area contributed by atoms with Gasteiger partial charge in [-0.1, -0.05) is 6.92 Å². The van der Waals surface area contributed by atoms with Gasteiger partial charge in [0.1, 0.15) is 5.69 Å². The number of nitrogens with one attached hydrogen (secondary N) is 1. The molecule has 1 aromatic rings. The third kappa shape index (κ3) is 3.14. The Morgan fingerprint density at radius 1 is 1.48 bits per heavy atom. The van der Waals surface area contributed by atoms with Gasteiger partial charge in [-0.2, -0.15) is 5.10 Å². The van der Waals surface area contributed by atoms with E-state index in [0.29, 0.717) is 31.0 Å². The molecule has 0 atom stereocenters. The Labute approximate surface area is 123 Å². The number of hydrogen-bond donors (Lipinski definition) is 1. The monoisotopic (exact) mass is 295 g/mol. The Morgan fingerprint density at radius 2 is 2.10 bits per heavy atom. The first kappa shape index (κ1) is 15.3. The Balaban J connectivity index is 2.18. The quantitative estimate of drug-likeness (QED) is 0.660. The molecule has 2 heterocycles. The zero-order valence-electron chi connectivity index (χ0n) is 12.6. The molecule has 8 heteroatoms. The third-order valence-electron chi connectivity index (χ3n) is 3.78. The van der Waals surface area contributed by atoms with Crippen LogP contribution < -0.4 is 10.2 Å². The first-order valence-corrected chi connectivity index (χ1v) is 7.16. The fourth-order valence-corrected chi connectivity index (χ4v) is 2.86. The molecule has 0 bridgehead atoms. The highest BCUT2D eigenvalue weighted by atomic mass is 16.6. The van der Waals surface area contributed by atoms with Gasteiger partial charge >= 0.3 is 5.69 Å². The van der Waals surface area contributed by atoms with E-state index in [2.05, 4.69) is 10.4 Å². The molecule has 2 rings (SSSR count). The third-order valence-corrected chi connectivity index (χ3v) is 3.78. The van der Waals surface area contributed by atoms with Crippen LogP contribution in [0.2, 0.25) is 0 Å². The van der Waals surface area contributed by atoms with Gasteiger partial charge in [0.15, 0.2) is 0 Å². The van der Waals surface area contributed by atoms with Crippen LogP contribution in [0.1, 0.15) is 32.4 Å². The van der Waals surface area contributed by atoms with Gasteiger partial charge < -0.3 is 10.2 Å². The molecular weight excluding hydrogens is 274 g/mol. The van der Waals surface area contributed by atoms with Crippen LogP contribution in [-0.4, -0.2) is 39.7 Å². The normalized spacial score (nSPS) is 16.0. The highest BCUT2D eigenvalue weighted by molar-refractivity contribution is 5.73. The number of piperidine rings is 1. The van der Waals surface area contributed by atoms with Gasteiger partial charge in [0, 0.05) is 33.1 Å². The van der Waals surface area contributed by atoms with Crippen molar-refractivity contribution >= 4 is 17.4 Å². The summed E-state index contributed by atoms with van der Waals surface area (Å²) in [5.41, 5.74) is 0.625. The minimum atomic E-state index is -0.346. The van der Waals surface area contributed by atoms with E-state index in [1.807, 2.05) is 11.8 Å². The lowest BCUT2D eigenvalue weighted by molar-refractivity contribution is -0.384. The van der Waals surface area contributed by atoms with Crippen LogP contribution in [0.4, 0.5) is 11.5 Å². The number of hydrogen-bond acceptors (Lipinski definition) is 5. The Bertz CT molecular complexity index is 546. The Hall–Kier alpha value is -2.12. The minimum absolute atomic E-state index is 0.0340. The topological polar surface area (TPSA) is 93.3 Å². The molecule has 1 amide bonds. The predicted molar refractivity (Wildman–Crippen MR) is 78.3 cm³/mol. The molecule has 1 aromatic heterocycles. The number of carbonyl (C=O) groups excluding carboxylic acids is 1. The largest absolute Gasteiger partial charge is 0.353 e. The molecule has 1 saturated heterocycles. The average Bonchev–Trinajstić information content (AvgIpc) is 2.76. The molecule has 0 radical (unpaired) electrons. The van der Waals surface area contributed by atoms with Crippen molar-refractivity contribution in [2.75, 3.05) is 18.0 Å². The fraction of sp³-hybridized carbons (Fsp3) is 0.692. The van der Waals surface area contributed by atoms with Crippen molar-refractivity contribution in [3.8, 4) is 0 Å². The van der Waals surface area contributed by atoms with E-state index in [9.17, 15) is 14.9 Å². The maximum Gasteiger partial charge on any atom is 0.334 e. The number of nitro groups is 1. The zero-order valence-corrected chi connectivity index (χ0v) is 12.6. The summed E-state index contributed by atoms with van der Waals surface area (Å²) in [7, 11) is 1.74. The van der Waals surface area contributed by atoms with Crippen molar-refractivity contribution in [1.29, 1.82) is 0 Å². The van der Waals surface area contributed by atoms with E-state index >= 15 is 0 Å². The van der Waals surface area contributed by atoms with Crippen molar-refractivity contribution in [1.82, 2.24) is 15.1 Å². The molecule has 1 fully saturated rings. The van der Waals surface area contributed by atoms with E-state index in [1.54, 1.807) is 11.7 Å². The number of amides is 1. The maximum atomic E-state index is 11.3. The first-order valence-electron chi connectivity index (χ1n) is 7.16. The summed E-state index contributed by atoms with van der Waals surface area (Å²) >= 11 is 0. The second-order valence-electron chi connectivity index (χ2n) is 5.32.